The molecule has 124 valence electrons. The SMILES string of the molecule is O=C(O)CC1Cc2ccccc2CN1C(=O)OCc1ccccc1. The van der Waals surface area contributed by atoms with Crippen molar-refractivity contribution < 1.29 is 19.4 Å². The number of carbonyl (C=O) groups is 2. The van der Waals surface area contributed by atoms with Crippen molar-refractivity contribution >= 4 is 12.1 Å². The molecule has 0 aliphatic carbocycles. The van der Waals surface area contributed by atoms with Crippen LogP contribution in [-0.4, -0.2) is 28.1 Å². The summed E-state index contributed by atoms with van der Waals surface area (Å²) in [5.41, 5.74) is 3.03. The molecule has 1 aliphatic rings. The standard InChI is InChI=1S/C19H19NO4/c21-18(22)11-17-10-15-8-4-5-9-16(15)12-20(17)19(23)24-13-14-6-2-1-3-7-14/h1-9,17H,10-13H2,(H,21,22). The molecule has 0 bridgehead atoms. The maximum Gasteiger partial charge on any atom is 0.410 e. The van der Waals surface area contributed by atoms with E-state index in [-0.39, 0.29) is 19.1 Å². The summed E-state index contributed by atoms with van der Waals surface area (Å²) in [6, 6.07) is 16.8. The van der Waals surface area contributed by atoms with E-state index in [2.05, 4.69) is 0 Å². The third-order valence-corrected chi connectivity index (χ3v) is 4.21. The Morgan fingerprint density at radius 2 is 1.71 bits per heavy atom. The van der Waals surface area contributed by atoms with Crippen LogP contribution in [-0.2, 0) is 29.1 Å². The lowest BCUT2D eigenvalue weighted by atomic mass is 9.93. The van der Waals surface area contributed by atoms with E-state index in [9.17, 15) is 9.59 Å². The molecular weight excluding hydrogens is 306 g/mol. The number of ether oxygens (including phenoxy) is 1. The first-order valence-corrected chi connectivity index (χ1v) is 7.89. The molecule has 2 aromatic rings. The summed E-state index contributed by atoms with van der Waals surface area (Å²) in [4.78, 5) is 25.2. The highest BCUT2D eigenvalue weighted by molar-refractivity contribution is 5.72. The minimum absolute atomic E-state index is 0.0885. The van der Waals surface area contributed by atoms with Gasteiger partial charge in [0.05, 0.1) is 6.42 Å². The van der Waals surface area contributed by atoms with E-state index in [1.807, 2.05) is 54.6 Å². The van der Waals surface area contributed by atoms with Crippen LogP contribution >= 0.6 is 0 Å². The molecule has 0 saturated heterocycles. The molecule has 0 aromatic heterocycles. The van der Waals surface area contributed by atoms with E-state index in [1.54, 1.807) is 0 Å². The Labute approximate surface area is 140 Å². The summed E-state index contributed by atoms with van der Waals surface area (Å²) in [5.74, 6) is -0.916. The van der Waals surface area contributed by atoms with Crippen LogP contribution in [0, 0.1) is 0 Å². The van der Waals surface area contributed by atoms with E-state index in [1.165, 1.54) is 4.90 Å². The first kappa shape index (κ1) is 16.1. The van der Waals surface area contributed by atoms with Crippen molar-refractivity contribution in [1.29, 1.82) is 0 Å². The largest absolute Gasteiger partial charge is 0.481 e. The van der Waals surface area contributed by atoms with Crippen molar-refractivity contribution in [3.8, 4) is 0 Å². The molecule has 1 N–H and O–H groups in total. The molecule has 1 aliphatic heterocycles. The maximum atomic E-state index is 12.5. The number of amides is 1. The van der Waals surface area contributed by atoms with Gasteiger partial charge in [-0.15, -0.1) is 0 Å². The number of carboxylic acid groups (broad SMARTS) is 1. The smallest absolute Gasteiger partial charge is 0.410 e. The first-order chi connectivity index (χ1) is 11.6. The van der Waals surface area contributed by atoms with Crippen LogP contribution in [0.3, 0.4) is 0 Å². The molecule has 1 amide bonds. The summed E-state index contributed by atoms with van der Waals surface area (Å²) in [6.07, 6.45) is -0.0304. The van der Waals surface area contributed by atoms with Gasteiger partial charge in [0.1, 0.15) is 6.61 Å². The topological polar surface area (TPSA) is 66.8 Å². The fourth-order valence-electron chi connectivity index (χ4n) is 2.99. The lowest BCUT2D eigenvalue weighted by molar-refractivity contribution is -0.138. The third-order valence-electron chi connectivity index (χ3n) is 4.21. The summed E-state index contributed by atoms with van der Waals surface area (Å²) in [7, 11) is 0. The maximum absolute atomic E-state index is 12.5. The molecule has 3 rings (SSSR count). The van der Waals surface area contributed by atoms with Crippen molar-refractivity contribution in [2.45, 2.75) is 32.0 Å². The average Bonchev–Trinajstić information content (AvgIpc) is 2.59. The number of carbonyl (C=O) groups excluding carboxylic acids is 1. The lowest BCUT2D eigenvalue weighted by Gasteiger charge is -2.35. The Kier molecular flexibility index (Phi) is 4.79. The van der Waals surface area contributed by atoms with Crippen LogP contribution < -0.4 is 0 Å². The van der Waals surface area contributed by atoms with Gasteiger partial charge in [0, 0.05) is 12.6 Å². The fraction of sp³-hybridized carbons (Fsp3) is 0.263. The lowest BCUT2D eigenvalue weighted by Crippen LogP contribution is -2.45. The van der Waals surface area contributed by atoms with E-state index < -0.39 is 12.1 Å². The molecule has 0 radical (unpaired) electrons. The second-order valence-corrected chi connectivity index (χ2v) is 5.89. The fourth-order valence-corrected chi connectivity index (χ4v) is 2.99. The first-order valence-electron chi connectivity index (χ1n) is 7.89. The van der Waals surface area contributed by atoms with Crippen molar-refractivity contribution in [2.75, 3.05) is 0 Å². The molecule has 1 unspecified atom stereocenters. The molecule has 24 heavy (non-hydrogen) atoms. The number of rotatable bonds is 4. The molecule has 0 spiro atoms. The van der Waals surface area contributed by atoms with Gasteiger partial charge in [0.2, 0.25) is 0 Å². The highest BCUT2D eigenvalue weighted by Gasteiger charge is 2.32. The Morgan fingerprint density at radius 1 is 1.04 bits per heavy atom. The predicted molar refractivity (Wildman–Crippen MR) is 88.4 cm³/mol. The molecule has 1 atom stereocenters. The second kappa shape index (κ2) is 7.17. The van der Waals surface area contributed by atoms with Crippen LogP contribution in [0.5, 0.6) is 0 Å². The number of benzene rings is 2. The van der Waals surface area contributed by atoms with Gasteiger partial charge in [-0.25, -0.2) is 4.79 Å². The monoisotopic (exact) mass is 325 g/mol. The number of hydrogen-bond donors (Lipinski definition) is 1. The van der Waals surface area contributed by atoms with Crippen LogP contribution in [0.25, 0.3) is 0 Å². The van der Waals surface area contributed by atoms with Crippen LogP contribution in [0.15, 0.2) is 54.6 Å². The third kappa shape index (κ3) is 3.74. The van der Waals surface area contributed by atoms with Crippen molar-refractivity contribution in [2.24, 2.45) is 0 Å². The van der Waals surface area contributed by atoms with E-state index in [0.717, 1.165) is 16.7 Å². The molecular formula is C19H19NO4. The molecule has 0 fully saturated rings. The molecule has 0 saturated carbocycles. The Balaban J connectivity index is 1.73. The van der Waals surface area contributed by atoms with Crippen LogP contribution in [0.2, 0.25) is 0 Å². The normalized spacial score (nSPS) is 16.3. The van der Waals surface area contributed by atoms with Gasteiger partial charge in [-0.3, -0.25) is 9.69 Å². The number of nitrogens with zero attached hydrogens (tertiary/aromatic N) is 1. The Hall–Kier alpha value is -2.82. The van der Waals surface area contributed by atoms with Crippen molar-refractivity contribution in [1.82, 2.24) is 4.90 Å². The van der Waals surface area contributed by atoms with Crippen LogP contribution in [0.4, 0.5) is 4.79 Å². The average molecular weight is 325 g/mol. The van der Waals surface area contributed by atoms with Gasteiger partial charge in [0.25, 0.3) is 0 Å². The summed E-state index contributed by atoms with van der Waals surface area (Å²) in [5, 5.41) is 9.14. The quantitative estimate of drug-likeness (QED) is 0.937. The van der Waals surface area contributed by atoms with Gasteiger partial charge in [0.15, 0.2) is 0 Å². The zero-order valence-electron chi connectivity index (χ0n) is 13.2. The van der Waals surface area contributed by atoms with Gasteiger partial charge in [-0.1, -0.05) is 54.6 Å². The molecule has 5 heteroatoms. The predicted octanol–water partition coefficient (Wildman–Crippen LogP) is 3.22. The van der Waals surface area contributed by atoms with Crippen molar-refractivity contribution in [3.05, 3.63) is 71.3 Å². The van der Waals surface area contributed by atoms with Crippen molar-refractivity contribution in [3.63, 3.8) is 0 Å². The number of carboxylic acids is 1. The Bertz CT molecular complexity index is 729. The zero-order valence-corrected chi connectivity index (χ0v) is 13.2. The van der Waals surface area contributed by atoms with Gasteiger partial charge < -0.3 is 9.84 Å². The van der Waals surface area contributed by atoms with E-state index in [4.69, 9.17) is 9.84 Å². The number of hydrogen-bond acceptors (Lipinski definition) is 3. The van der Waals surface area contributed by atoms with Gasteiger partial charge in [-0.05, 0) is 23.1 Å². The molecule has 1 heterocycles. The summed E-state index contributed by atoms with van der Waals surface area (Å²) >= 11 is 0. The number of fused-ring (bicyclic) bond motifs is 1. The zero-order chi connectivity index (χ0) is 16.9. The molecule has 2 aromatic carbocycles. The number of aliphatic carboxylic acids is 1. The summed E-state index contributed by atoms with van der Waals surface area (Å²) < 4.78 is 5.39. The van der Waals surface area contributed by atoms with E-state index in [0.29, 0.717) is 13.0 Å². The minimum Gasteiger partial charge on any atom is -0.481 e. The highest BCUT2D eigenvalue weighted by Crippen LogP contribution is 2.26. The molecule has 5 nitrogen and oxygen atoms in total. The van der Waals surface area contributed by atoms with Gasteiger partial charge in [-0.2, -0.15) is 0 Å². The Morgan fingerprint density at radius 3 is 2.42 bits per heavy atom. The van der Waals surface area contributed by atoms with E-state index >= 15 is 0 Å². The summed E-state index contributed by atoms with van der Waals surface area (Å²) in [6.45, 7) is 0.555. The van der Waals surface area contributed by atoms with Gasteiger partial charge >= 0.3 is 12.1 Å². The highest BCUT2D eigenvalue weighted by atomic mass is 16.6. The minimum atomic E-state index is -0.916. The second-order valence-electron chi connectivity index (χ2n) is 5.89. The van der Waals surface area contributed by atoms with Crippen LogP contribution in [0.1, 0.15) is 23.1 Å².